The zero-order valence-electron chi connectivity index (χ0n) is 33.7. The van der Waals surface area contributed by atoms with Crippen LogP contribution in [0.3, 0.4) is 0 Å². The van der Waals surface area contributed by atoms with Crippen molar-refractivity contribution in [2.75, 3.05) is 19.8 Å². The van der Waals surface area contributed by atoms with Crippen molar-refractivity contribution < 1.29 is 28.8 Å². The first-order valence-corrected chi connectivity index (χ1v) is 20.3. The number of rotatable bonds is 21. The molecule has 6 aromatic carbocycles. The van der Waals surface area contributed by atoms with Crippen LogP contribution in [0.5, 0.6) is 17.2 Å². The Labute approximate surface area is 355 Å². The number of hydrogen-bond donors (Lipinski definition) is 3. The molecule has 3 N–H and O–H groups in total. The van der Waals surface area contributed by atoms with Gasteiger partial charge in [-0.2, -0.15) is 0 Å². The summed E-state index contributed by atoms with van der Waals surface area (Å²) in [5.41, 5.74) is 19.9. The lowest BCUT2D eigenvalue weighted by atomic mass is 9.81. The van der Waals surface area contributed by atoms with Crippen molar-refractivity contribution in [3.8, 4) is 17.2 Å². The molecule has 1 aliphatic heterocycles. The van der Waals surface area contributed by atoms with Crippen LogP contribution in [-0.4, -0.2) is 42.2 Å². The summed E-state index contributed by atoms with van der Waals surface area (Å²) in [4.78, 5) is 23.0. The van der Waals surface area contributed by atoms with Gasteiger partial charge in [0, 0.05) is 36.5 Å². The Bertz CT molecular complexity index is 2410. The quantitative estimate of drug-likeness (QED) is 0.0215. The maximum absolute atomic E-state index is 14.9. The fraction of sp³-hybridized carbons (Fsp3) is 0.224. The van der Waals surface area contributed by atoms with Gasteiger partial charge in [0.25, 0.3) is 5.91 Å². The van der Waals surface area contributed by atoms with Crippen LogP contribution in [0.25, 0.3) is 10.4 Å². The zero-order valence-corrected chi connectivity index (χ0v) is 33.7. The SMILES string of the molecule is [N-]=[N+]=NCc1ccccc1C[C@]1(C(=O)NNCCc2ccc(OCc3ccccc3)c(OCc3ccccc3)c2)N=C(c2ccc(OCCCO)cc2)O[C@H]1c1ccccc1. The van der Waals surface area contributed by atoms with E-state index in [1.165, 1.54) is 0 Å². The van der Waals surface area contributed by atoms with Crippen LogP contribution in [0.15, 0.2) is 168 Å². The molecule has 0 saturated carbocycles. The van der Waals surface area contributed by atoms with Crippen LogP contribution in [0.1, 0.15) is 51.5 Å². The fourth-order valence-electron chi connectivity index (χ4n) is 7.06. The minimum absolute atomic E-state index is 0.0395. The summed E-state index contributed by atoms with van der Waals surface area (Å²) in [6, 6.07) is 50.3. The van der Waals surface area contributed by atoms with Crippen molar-refractivity contribution in [1.82, 2.24) is 10.9 Å². The number of nitrogens with zero attached hydrogens (tertiary/aromatic N) is 4. The van der Waals surface area contributed by atoms with E-state index in [4.69, 9.17) is 34.6 Å². The van der Waals surface area contributed by atoms with Gasteiger partial charge >= 0.3 is 0 Å². The van der Waals surface area contributed by atoms with Gasteiger partial charge in [0.05, 0.1) is 13.2 Å². The van der Waals surface area contributed by atoms with Crippen molar-refractivity contribution in [3.63, 3.8) is 0 Å². The predicted molar refractivity (Wildman–Crippen MR) is 234 cm³/mol. The fourth-order valence-corrected chi connectivity index (χ4v) is 7.06. The number of aliphatic hydroxyl groups is 1. The number of carbonyl (C=O) groups is 1. The van der Waals surface area contributed by atoms with Crippen molar-refractivity contribution in [2.24, 2.45) is 10.1 Å². The molecule has 0 bridgehead atoms. The summed E-state index contributed by atoms with van der Waals surface area (Å²) in [6.45, 7) is 1.70. The molecule has 12 heteroatoms. The Balaban J connectivity index is 1.13. The number of aliphatic imine (C=N–C) groups is 1. The van der Waals surface area contributed by atoms with Gasteiger partial charge in [-0.25, -0.2) is 10.4 Å². The third-order valence-electron chi connectivity index (χ3n) is 10.2. The Morgan fingerprint density at radius 3 is 2.07 bits per heavy atom. The van der Waals surface area contributed by atoms with Crippen LogP contribution < -0.4 is 25.1 Å². The Kier molecular flexibility index (Phi) is 14.6. The minimum atomic E-state index is -1.48. The zero-order chi connectivity index (χ0) is 42.1. The first-order chi connectivity index (χ1) is 30.0. The third-order valence-corrected chi connectivity index (χ3v) is 10.2. The van der Waals surface area contributed by atoms with Crippen molar-refractivity contribution in [3.05, 3.63) is 207 Å². The molecular formula is C49H48N6O6. The molecule has 12 nitrogen and oxygen atoms in total. The maximum atomic E-state index is 14.9. The second kappa shape index (κ2) is 21.2. The molecule has 0 spiro atoms. The highest BCUT2D eigenvalue weighted by atomic mass is 16.5. The Morgan fingerprint density at radius 1 is 0.754 bits per heavy atom. The second-order valence-electron chi connectivity index (χ2n) is 14.5. The van der Waals surface area contributed by atoms with E-state index in [1.807, 2.05) is 158 Å². The number of ether oxygens (including phenoxy) is 4. The number of carbonyl (C=O) groups excluding carboxylic acids is 1. The molecule has 61 heavy (non-hydrogen) atoms. The average molecular weight is 817 g/mol. The summed E-state index contributed by atoms with van der Waals surface area (Å²) >= 11 is 0. The van der Waals surface area contributed by atoms with E-state index in [1.54, 1.807) is 0 Å². The topological polar surface area (TPSA) is 159 Å². The normalized spacial score (nSPS) is 15.5. The summed E-state index contributed by atoms with van der Waals surface area (Å²) in [7, 11) is 0. The molecule has 0 unspecified atom stereocenters. The van der Waals surface area contributed by atoms with Gasteiger partial charge in [-0.15, -0.1) is 0 Å². The smallest absolute Gasteiger partial charge is 0.266 e. The molecule has 1 amide bonds. The molecule has 0 aliphatic carbocycles. The summed E-state index contributed by atoms with van der Waals surface area (Å²) in [5.74, 6) is 1.81. The molecule has 310 valence electrons. The lowest BCUT2D eigenvalue weighted by Gasteiger charge is -2.31. The van der Waals surface area contributed by atoms with E-state index in [9.17, 15) is 4.79 Å². The minimum Gasteiger partial charge on any atom is -0.494 e. The van der Waals surface area contributed by atoms with Crippen molar-refractivity contribution >= 4 is 11.8 Å². The van der Waals surface area contributed by atoms with E-state index in [-0.39, 0.29) is 19.6 Å². The number of amides is 1. The molecular weight excluding hydrogens is 769 g/mol. The molecule has 0 fully saturated rings. The van der Waals surface area contributed by atoms with E-state index in [0.717, 1.165) is 33.4 Å². The number of azide groups is 1. The molecule has 7 rings (SSSR count). The average Bonchev–Trinajstić information content (AvgIpc) is 3.70. The highest BCUT2D eigenvalue weighted by molar-refractivity contribution is 6.01. The third kappa shape index (κ3) is 11.1. The number of aliphatic hydroxyl groups excluding tert-OH is 1. The standard InChI is InChI=1S/C49H48N6O6/c50-55-52-33-42-20-11-10-19-41(42)32-49(46(39-17-8-3-9-18-39)61-47(53-49)40-22-24-43(25-23-40)58-30-12-29-56)48(57)54-51-28-27-36-21-26-44(59-34-37-13-4-1-5-14-37)45(31-36)60-35-38-15-6-2-7-16-38/h1-11,13-26,31,46,51,56H,12,27-30,32-35H2,(H,54,57)/t46-,49-/m0/s1. The molecule has 0 radical (unpaired) electrons. The Hall–Kier alpha value is -7.11. The number of hydrazine groups is 1. The van der Waals surface area contributed by atoms with Gasteiger partial charge in [-0.05, 0) is 81.7 Å². The van der Waals surface area contributed by atoms with Crippen LogP contribution in [0, 0.1) is 0 Å². The van der Waals surface area contributed by atoms with E-state index in [2.05, 4.69) is 20.9 Å². The van der Waals surface area contributed by atoms with Crippen LogP contribution in [-0.2, 0) is 42.1 Å². The maximum Gasteiger partial charge on any atom is 0.266 e. The lowest BCUT2D eigenvalue weighted by Crippen LogP contribution is -2.54. The molecule has 2 atom stereocenters. The Morgan fingerprint density at radius 2 is 1.39 bits per heavy atom. The summed E-state index contributed by atoms with van der Waals surface area (Å²) in [5, 5.41) is 13.0. The summed E-state index contributed by atoms with van der Waals surface area (Å²) in [6.07, 6.45) is 0.411. The predicted octanol–water partition coefficient (Wildman–Crippen LogP) is 8.78. The summed E-state index contributed by atoms with van der Waals surface area (Å²) < 4.78 is 25.0. The van der Waals surface area contributed by atoms with E-state index < -0.39 is 17.6 Å². The van der Waals surface area contributed by atoms with Gasteiger partial charge < -0.3 is 24.1 Å². The highest BCUT2D eigenvalue weighted by Crippen LogP contribution is 2.43. The van der Waals surface area contributed by atoms with Gasteiger partial charge in [0.1, 0.15) is 19.0 Å². The van der Waals surface area contributed by atoms with Crippen LogP contribution in [0.4, 0.5) is 0 Å². The molecule has 6 aromatic rings. The van der Waals surface area contributed by atoms with Gasteiger partial charge in [-0.1, -0.05) is 126 Å². The lowest BCUT2D eigenvalue weighted by molar-refractivity contribution is -0.130. The molecule has 0 aromatic heterocycles. The van der Waals surface area contributed by atoms with Crippen LogP contribution in [0.2, 0.25) is 0 Å². The number of benzene rings is 6. The molecule has 0 saturated heterocycles. The van der Waals surface area contributed by atoms with Crippen molar-refractivity contribution in [1.29, 1.82) is 0 Å². The first kappa shape index (κ1) is 42.0. The van der Waals surface area contributed by atoms with Crippen LogP contribution >= 0.6 is 0 Å². The van der Waals surface area contributed by atoms with Gasteiger partial charge in [-0.3, -0.25) is 10.2 Å². The first-order valence-electron chi connectivity index (χ1n) is 20.3. The number of nitrogens with one attached hydrogen (secondary N) is 2. The van der Waals surface area contributed by atoms with E-state index in [0.29, 0.717) is 67.9 Å². The largest absolute Gasteiger partial charge is 0.494 e. The monoisotopic (exact) mass is 816 g/mol. The highest BCUT2D eigenvalue weighted by Gasteiger charge is 2.53. The van der Waals surface area contributed by atoms with Crippen molar-refractivity contribution in [2.45, 2.75) is 50.7 Å². The second-order valence-corrected chi connectivity index (χ2v) is 14.5. The molecule has 1 heterocycles. The molecule has 1 aliphatic rings. The van der Waals surface area contributed by atoms with Gasteiger partial charge in [0.15, 0.2) is 23.1 Å². The van der Waals surface area contributed by atoms with Gasteiger partial charge in [0.2, 0.25) is 5.90 Å². The number of hydrogen-bond acceptors (Lipinski definition) is 9. The van der Waals surface area contributed by atoms with E-state index >= 15 is 0 Å².